The lowest BCUT2D eigenvalue weighted by molar-refractivity contribution is -0.159. The van der Waals surface area contributed by atoms with Crippen LogP contribution in [0.25, 0.3) is 0 Å². The first kappa shape index (κ1) is 20.2. The van der Waals surface area contributed by atoms with Crippen molar-refractivity contribution in [2.45, 2.75) is 37.4 Å². The number of rotatable bonds is 5. The Bertz CT molecular complexity index is 1130. The standard InChI is InChI=1S/C23H20FN3O5/c24-14-5-7-15(8-6-14)25-19(28)13-32-22(31)23-12-11-20(29)27(23)18-4-2-1-3-17(18)21(30)26(23)16-9-10-16/h1-8,16H,9-13H2,(H,25,28). The van der Waals surface area contributed by atoms with E-state index in [9.17, 15) is 23.6 Å². The maximum atomic E-state index is 13.4. The van der Waals surface area contributed by atoms with Crippen LogP contribution in [0.4, 0.5) is 15.8 Å². The zero-order valence-corrected chi connectivity index (χ0v) is 17.0. The van der Waals surface area contributed by atoms with Crippen LogP contribution in [0.5, 0.6) is 0 Å². The van der Waals surface area contributed by atoms with Gasteiger partial charge in [-0.05, 0) is 49.2 Å². The van der Waals surface area contributed by atoms with Crippen LogP contribution in [-0.2, 0) is 19.1 Å². The van der Waals surface area contributed by atoms with Gasteiger partial charge in [-0.15, -0.1) is 0 Å². The van der Waals surface area contributed by atoms with Crippen molar-refractivity contribution in [2.75, 3.05) is 16.8 Å². The number of hydrogen-bond acceptors (Lipinski definition) is 5. The summed E-state index contributed by atoms with van der Waals surface area (Å²) in [4.78, 5) is 54.7. The third kappa shape index (κ3) is 3.12. The molecule has 1 atom stereocenters. The number of benzene rings is 2. The minimum atomic E-state index is -1.60. The molecule has 1 aliphatic carbocycles. The van der Waals surface area contributed by atoms with Gasteiger partial charge in [-0.1, -0.05) is 12.1 Å². The highest BCUT2D eigenvalue weighted by Gasteiger charge is 2.64. The molecule has 5 rings (SSSR count). The van der Waals surface area contributed by atoms with Crippen molar-refractivity contribution >= 4 is 35.1 Å². The first-order valence-electron chi connectivity index (χ1n) is 10.4. The molecule has 0 spiro atoms. The zero-order chi connectivity index (χ0) is 22.5. The molecule has 2 aromatic carbocycles. The van der Waals surface area contributed by atoms with Crippen molar-refractivity contribution in [3.8, 4) is 0 Å². The Balaban J connectivity index is 1.41. The fraction of sp³-hybridized carbons (Fsp3) is 0.304. The summed E-state index contributed by atoms with van der Waals surface area (Å²) in [6.45, 7) is -0.603. The van der Waals surface area contributed by atoms with Crippen LogP contribution in [0.15, 0.2) is 48.5 Å². The Morgan fingerprint density at radius 3 is 2.53 bits per heavy atom. The maximum Gasteiger partial charge on any atom is 0.354 e. The number of halogens is 1. The molecule has 32 heavy (non-hydrogen) atoms. The summed E-state index contributed by atoms with van der Waals surface area (Å²) < 4.78 is 18.4. The number of fused-ring (bicyclic) bond motifs is 3. The van der Waals surface area contributed by atoms with Crippen LogP contribution in [0, 0.1) is 5.82 Å². The highest BCUT2D eigenvalue weighted by atomic mass is 19.1. The lowest BCUT2D eigenvalue weighted by atomic mass is 9.96. The number of carbonyl (C=O) groups is 4. The first-order chi connectivity index (χ1) is 15.4. The Morgan fingerprint density at radius 1 is 1.09 bits per heavy atom. The van der Waals surface area contributed by atoms with Gasteiger partial charge in [0.25, 0.3) is 11.8 Å². The average Bonchev–Trinajstić information content (AvgIpc) is 3.56. The quantitative estimate of drug-likeness (QED) is 0.725. The van der Waals surface area contributed by atoms with Gasteiger partial charge < -0.3 is 15.0 Å². The second-order valence-corrected chi connectivity index (χ2v) is 8.10. The molecule has 2 fully saturated rings. The Kier molecular flexibility index (Phi) is 4.69. The topological polar surface area (TPSA) is 96.0 Å². The molecule has 1 unspecified atom stereocenters. The van der Waals surface area contributed by atoms with Gasteiger partial charge in [-0.2, -0.15) is 0 Å². The van der Waals surface area contributed by atoms with E-state index in [4.69, 9.17) is 4.74 Å². The largest absolute Gasteiger partial charge is 0.452 e. The van der Waals surface area contributed by atoms with E-state index >= 15 is 0 Å². The van der Waals surface area contributed by atoms with Gasteiger partial charge in [0.05, 0.1) is 11.3 Å². The average molecular weight is 437 g/mol. The number of esters is 1. The highest BCUT2D eigenvalue weighted by molar-refractivity contribution is 6.16. The first-order valence-corrected chi connectivity index (χ1v) is 10.4. The van der Waals surface area contributed by atoms with Gasteiger partial charge in [0, 0.05) is 24.6 Å². The lowest BCUT2D eigenvalue weighted by Gasteiger charge is -2.48. The van der Waals surface area contributed by atoms with Gasteiger partial charge in [-0.25, -0.2) is 9.18 Å². The van der Waals surface area contributed by atoms with Crippen molar-refractivity contribution in [3.05, 3.63) is 59.9 Å². The summed E-state index contributed by atoms with van der Waals surface area (Å²) in [6, 6.07) is 11.7. The van der Waals surface area contributed by atoms with E-state index in [1.165, 1.54) is 34.1 Å². The SMILES string of the molecule is O=C(COC(=O)C12CCC(=O)N1c1ccccc1C(=O)N2C1CC1)Nc1ccc(F)cc1. The van der Waals surface area contributed by atoms with Gasteiger partial charge in [-0.3, -0.25) is 19.3 Å². The molecule has 0 radical (unpaired) electrons. The number of hydrogen-bond donors (Lipinski definition) is 1. The van der Waals surface area contributed by atoms with Crippen LogP contribution in [0.1, 0.15) is 36.0 Å². The van der Waals surface area contributed by atoms with Gasteiger partial charge in [0.1, 0.15) is 5.82 Å². The number of nitrogens with zero attached hydrogens (tertiary/aromatic N) is 2. The smallest absolute Gasteiger partial charge is 0.354 e. The minimum absolute atomic E-state index is 0.0850. The summed E-state index contributed by atoms with van der Waals surface area (Å²) >= 11 is 0. The third-order valence-corrected chi connectivity index (χ3v) is 6.00. The monoisotopic (exact) mass is 437 g/mol. The van der Waals surface area contributed by atoms with Crippen molar-refractivity contribution in [3.63, 3.8) is 0 Å². The lowest BCUT2D eigenvalue weighted by Crippen LogP contribution is -2.69. The molecule has 8 nitrogen and oxygen atoms in total. The molecule has 0 bridgehead atoms. The van der Waals surface area contributed by atoms with Crippen molar-refractivity contribution in [2.24, 2.45) is 0 Å². The predicted molar refractivity (Wildman–Crippen MR) is 111 cm³/mol. The number of nitrogens with one attached hydrogen (secondary N) is 1. The normalized spacial score (nSPS) is 21.8. The van der Waals surface area contributed by atoms with E-state index < -0.39 is 30.0 Å². The summed E-state index contributed by atoms with van der Waals surface area (Å²) in [5.41, 5.74) is -0.499. The number of anilines is 2. The fourth-order valence-corrected chi connectivity index (χ4v) is 4.49. The Morgan fingerprint density at radius 2 is 1.81 bits per heavy atom. The van der Waals surface area contributed by atoms with Gasteiger partial charge >= 0.3 is 5.97 Å². The Labute approximate surface area is 182 Å². The summed E-state index contributed by atoms with van der Waals surface area (Å²) in [6.07, 6.45) is 1.65. The zero-order valence-electron chi connectivity index (χ0n) is 17.0. The van der Waals surface area contributed by atoms with E-state index in [-0.39, 0.29) is 30.7 Å². The summed E-state index contributed by atoms with van der Waals surface area (Å²) in [7, 11) is 0. The van der Waals surface area contributed by atoms with E-state index in [1.807, 2.05) is 0 Å². The second-order valence-electron chi connectivity index (χ2n) is 8.10. The van der Waals surface area contributed by atoms with Crippen LogP contribution in [0.3, 0.4) is 0 Å². The molecule has 0 aromatic heterocycles. The number of para-hydroxylation sites is 1. The van der Waals surface area contributed by atoms with E-state index in [0.29, 0.717) is 16.9 Å². The molecule has 1 saturated heterocycles. The van der Waals surface area contributed by atoms with Crippen molar-refractivity contribution < 1.29 is 28.3 Å². The molecule has 9 heteroatoms. The van der Waals surface area contributed by atoms with Crippen LogP contribution in [-0.4, -0.2) is 46.9 Å². The molecule has 164 valence electrons. The molecule has 2 heterocycles. The van der Waals surface area contributed by atoms with Crippen LogP contribution < -0.4 is 10.2 Å². The predicted octanol–water partition coefficient (Wildman–Crippen LogP) is 2.45. The van der Waals surface area contributed by atoms with E-state index in [1.54, 1.807) is 24.3 Å². The van der Waals surface area contributed by atoms with E-state index in [2.05, 4.69) is 5.32 Å². The molecule has 1 saturated carbocycles. The molecular formula is C23H20FN3O5. The Hall–Kier alpha value is -3.75. The van der Waals surface area contributed by atoms with Crippen LogP contribution in [0.2, 0.25) is 0 Å². The summed E-state index contributed by atoms with van der Waals surface area (Å²) in [5, 5.41) is 2.52. The maximum absolute atomic E-state index is 13.4. The molecular weight excluding hydrogens is 417 g/mol. The third-order valence-electron chi connectivity index (χ3n) is 6.00. The molecule has 3 amide bonds. The molecule has 3 aliphatic rings. The van der Waals surface area contributed by atoms with Crippen LogP contribution >= 0.6 is 0 Å². The van der Waals surface area contributed by atoms with Gasteiger partial charge in [0.15, 0.2) is 6.61 Å². The highest BCUT2D eigenvalue weighted by Crippen LogP contribution is 2.49. The summed E-state index contributed by atoms with van der Waals surface area (Å²) in [5.74, 6) is -2.46. The van der Waals surface area contributed by atoms with E-state index in [0.717, 1.165) is 12.8 Å². The molecule has 2 aliphatic heterocycles. The number of amides is 3. The minimum Gasteiger partial charge on any atom is -0.452 e. The number of ether oxygens (including phenoxy) is 1. The van der Waals surface area contributed by atoms with Crippen molar-refractivity contribution in [1.82, 2.24) is 4.90 Å². The van der Waals surface area contributed by atoms with Gasteiger partial charge in [0.2, 0.25) is 11.6 Å². The fourth-order valence-electron chi connectivity index (χ4n) is 4.49. The second kappa shape index (κ2) is 7.44. The van der Waals surface area contributed by atoms with Crippen molar-refractivity contribution in [1.29, 1.82) is 0 Å². The number of carbonyl (C=O) groups excluding carboxylic acids is 4. The molecule has 2 aromatic rings. The molecule has 1 N–H and O–H groups in total.